The Morgan fingerprint density at radius 3 is 2.42 bits per heavy atom. The fourth-order valence-corrected chi connectivity index (χ4v) is 2.69. The highest BCUT2D eigenvalue weighted by atomic mass is 32.2. The van der Waals surface area contributed by atoms with Crippen LogP contribution in [-0.2, 0) is 16.2 Å². The van der Waals surface area contributed by atoms with Crippen LogP contribution in [-0.4, -0.2) is 21.0 Å². The van der Waals surface area contributed by atoms with Gasteiger partial charge in [0, 0.05) is 12.6 Å². The normalized spacial score (nSPS) is 14.4. The minimum absolute atomic E-state index is 0.106. The number of sulfonamides is 1. The predicted molar refractivity (Wildman–Crippen MR) is 64.9 cm³/mol. The molecule has 0 heterocycles. The Labute approximate surface area is 109 Å². The molecule has 0 aliphatic rings. The van der Waals surface area contributed by atoms with E-state index in [0.717, 1.165) is 18.2 Å². The SMILES string of the molecule is CCC(N)CNS(=O)(=O)c1ccccc1C(F)(F)F. The lowest BCUT2D eigenvalue weighted by molar-refractivity contribution is -0.139. The van der Waals surface area contributed by atoms with Crippen molar-refractivity contribution in [2.75, 3.05) is 6.54 Å². The summed E-state index contributed by atoms with van der Waals surface area (Å²) in [5, 5.41) is 0. The molecule has 0 amide bonds. The van der Waals surface area contributed by atoms with Crippen LogP contribution in [0.3, 0.4) is 0 Å². The van der Waals surface area contributed by atoms with Gasteiger partial charge in [0.1, 0.15) is 0 Å². The van der Waals surface area contributed by atoms with Gasteiger partial charge in [-0.15, -0.1) is 0 Å². The fourth-order valence-electron chi connectivity index (χ4n) is 1.37. The van der Waals surface area contributed by atoms with Gasteiger partial charge in [-0.05, 0) is 18.6 Å². The van der Waals surface area contributed by atoms with E-state index in [1.54, 1.807) is 6.92 Å². The highest BCUT2D eigenvalue weighted by molar-refractivity contribution is 7.89. The summed E-state index contributed by atoms with van der Waals surface area (Å²) in [4.78, 5) is -0.786. The maximum Gasteiger partial charge on any atom is 0.417 e. The van der Waals surface area contributed by atoms with E-state index in [2.05, 4.69) is 4.72 Å². The van der Waals surface area contributed by atoms with Crippen LogP contribution in [0, 0.1) is 0 Å². The first-order valence-electron chi connectivity index (χ1n) is 5.60. The number of benzene rings is 1. The van der Waals surface area contributed by atoms with E-state index >= 15 is 0 Å². The molecule has 3 N–H and O–H groups in total. The molecule has 4 nitrogen and oxygen atoms in total. The molecule has 0 radical (unpaired) electrons. The predicted octanol–water partition coefficient (Wildman–Crippen LogP) is 1.72. The average molecular weight is 296 g/mol. The van der Waals surface area contributed by atoms with Crippen LogP contribution in [0.1, 0.15) is 18.9 Å². The van der Waals surface area contributed by atoms with Gasteiger partial charge >= 0.3 is 6.18 Å². The van der Waals surface area contributed by atoms with Gasteiger partial charge in [0.2, 0.25) is 10.0 Å². The van der Waals surface area contributed by atoms with Crippen LogP contribution in [0.4, 0.5) is 13.2 Å². The van der Waals surface area contributed by atoms with Crippen LogP contribution in [0.5, 0.6) is 0 Å². The Balaban J connectivity index is 3.09. The molecule has 0 saturated heterocycles. The van der Waals surface area contributed by atoms with E-state index < -0.39 is 32.7 Å². The van der Waals surface area contributed by atoms with Gasteiger partial charge in [-0.25, -0.2) is 13.1 Å². The monoisotopic (exact) mass is 296 g/mol. The van der Waals surface area contributed by atoms with Crippen molar-refractivity contribution in [2.45, 2.75) is 30.5 Å². The van der Waals surface area contributed by atoms with Gasteiger partial charge in [0.05, 0.1) is 10.5 Å². The summed E-state index contributed by atoms with van der Waals surface area (Å²) in [6, 6.07) is 3.59. The molecule has 0 saturated carbocycles. The van der Waals surface area contributed by atoms with E-state index in [1.807, 2.05) is 0 Å². The Bertz CT molecular complexity index is 529. The second-order valence-electron chi connectivity index (χ2n) is 4.01. The van der Waals surface area contributed by atoms with E-state index in [1.165, 1.54) is 6.07 Å². The number of rotatable bonds is 5. The van der Waals surface area contributed by atoms with E-state index in [0.29, 0.717) is 6.42 Å². The summed E-state index contributed by atoms with van der Waals surface area (Å²) in [7, 11) is -4.23. The maximum atomic E-state index is 12.7. The molecular weight excluding hydrogens is 281 g/mol. The highest BCUT2D eigenvalue weighted by Crippen LogP contribution is 2.33. The number of halogens is 3. The van der Waals surface area contributed by atoms with Gasteiger partial charge < -0.3 is 5.73 Å². The zero-order chi connectivity index (χ0) is 14.7. The molecule has 19 heavy (non-hydrogen) atoms. The molecule has 0 bridgehead atoms. The number of alkyl halides is 3. The molecule has 1 aromatic carbocycles. The van der Waals surface area contributed by atoms with E-state index in [4.69, 9.17) is 5.73 Å². The largest absolute Gasteiger partial charge is 0.417 e. The van der Waals surface area contributed by atoms with E-state index in [9.17, 15) is 21.6 Å². The van der Waals surface area contributed by atoms with Gasteiger partial charge in [-0.1, -0.05) is 19.1 Å². The topological polar surface area (TPSA) is 72.2 Å². The van der Waals surface area contributed by atoms with Gasteiger partial charge in [-0.3, -0.25) is 0 Å². The molecule has 0 fully saturated rings. The molecule has 1 atom stereocenters. The first-order valence-corrected chi connectivity index (χ1v) is 7.08. The fraction of sp³-hybridized carbons (Fsp3) is 0.455. The summed E-state index contributed by atoms with van der Waals surface area (Å²) in [5.74, 6) is 0. The summed E-state index contributed by atoms with van der Waals surface area (Å²) in [5.41, 5.74) is 4.35. The second-order valence-corrected chi connectivity index (χ2v) is 5.75. The molecule has 1 aromatic rings. The van der Waals surface area contributed by atoms with Gasteiger partial charge in [0.15, 0.2) is 0 Å². The van der Waals surface area contributed by atoms with Crippen molar-refractivity contribution in [2.24, 2.45) is 5.73 Å². The molecular formula is C11H15F3N2O2S. The Kier molecular flexibility index (Phi) is 4.94. The molecule has 1 unspecified atom stereocenters. The van der Waals surface area contributed by atoms with Crippen molar-refractivity contribution in [3.63, 3.8) is 0 Å². The van der Waals surface area contributed by atoms with Crippen molar-refractivity contribution < 1.29 is 21.6 Å². The molecule has 0 aliphatic heterocycles. The van der Waals surface area contributed by atoms with Crippen LogP contribution in [0.2, 0.25) is 0 Å². The number of nitrogens with two attached hydrogens (primary N) is 1. The van der Waals surface area contributed by atoms with Crippen molar-refractivity contribution >= 4 is 10.0 Å². The van der Waals surface area contributed by atoms with Crippen LogP contribution >= 0.6 is 0 Å². The maximum absolute atomic E-state index is 12.7. The molecule has 8 heteroatoms. The Hall–Kier alpha value is -1.12. The third kappa shape index (κ3) is 4.19. The standard InChI is InChI=1S/C11H15F3N2O2S/c1-2-8(15)7-16-19(17,18)10-6-4-3-5-9(10)11(12,13)14/h3-6,8,16H,2,7,15H2,1H3. The van der Waals surface area contributed by atoms with Crippen molar-refractivity contribution in [3.05, 3.63) is 29.8 Å². The Morgan fingerprint density at radius 1 is 1.32 bits per heavy atom. The summed E-state index contributed by atoms with van der Waals surface area (Å²) in [6.45, 7) is 1.65. The summed E-state index contributed by atoms with van der Waals surface area (Å²) < 4.78 is 64.0. The zero-order valence-corrected chi connectivity index (χ0v) is 11.1. The van der Waals surface area contributed by atoms with Crippen LogP contribution in [0.15, 0.2) is 29.2 Å². The smallest absolute Gasteiger partial charge is 0.327 e. The van der Waals surface area contributed by atoms with Gasteiger partial charge in [-0.2, -0.15) is 13.2 Å². The second kappa shape index (κ2) is 5.89. The molecule has 0 aliphatic carbocycles. The molecule has 0 spiro atoms. The third-order valence-corrected chi connectivity index (χ3v) is 4.02. The lowest BCUT2D eigenvalue weighted by Crippen LogP contribution is -2.37. The first kappa shape index (κ1) is 15.9. The molecule has 1 rings (SSSR count). The average Bonchev–Trinajstić information content (AvgIpc) is 2.35. The van der Waals surface area contributed by atoms with E-state index in [-0.39, 0.29) is 6.54 Å². The summed E-state index contributed by atoms with van der Waals surface area (Å²) >= 11 is 0. The number of hydrogen-bond acceptors (Lipinski definition) is 3. The third-order valence-electron chi connectivity index (χ3n) is 2.54. The molecule has 108 valence electrons. The minimum Gasteiger partial charge on any atom is -0.327 e. The van der Waals surface area contributed by atoms with Crippen molar-refractivity contribution in [1.29, 1.82) is 0 Å². The van der Waals surface area contributed by atoms with Crippen LogP contribution < -0.4 is 10.5 Å². The highest BCUT2D eigenvalue weighted by Gasteiger charge is 2.36. The number of hydrogen-bond donors (Lipinski definition) is 2. The Morgan fingerprint density at radius 2 is 1.89 bits per heavy atom. The van der Waals surface area contributed by atoms with Crippen LogP contribution in [0.25, 0.3) is 0 Å². The molecule has 0 aromatic heterocycles. The van der Waals surface area contributed by atoms with Crippen molar-refractivity contribution in [1.82, 2.24) is 4.72 Å². The lowest BCUT2D eigenvalue weighted by atomic mass is 10.2. The number of nitrogens with one attached hydrogen (secondary N) is 1. The lowest BCUT2D eigenvalue weighted by Gasteiger charge is -2.15. The minimum atomic E-state index is -4.72. The first-order chi connectivity index (χ1) is 8.68. The quantitative estimate of drug-likeness (QED) is 0.869. The van der Waals surface area contributed by atoms with Gasteiger partial charge in [0.25, 0.3) is 0 Å². The van der Waals surface area contributed by atoms with Crippen molar-refractivity contribution in [3.8, 4) is 0 Å². The summed E-state index contributed by atoms with van der Waals surface area (Å²) in [6.07, 6.45) is -4.21. The zero-order valence-electron chi connectivity index (χ0n) is 10.2.